The van der Waals surface area contributed by atoms with Gasteiger partial charge in [-0.3, -0.25) is 0 Å². The van der Waals surface area contributed by atoms with Gasteiger partial charge < -0.3 is 10.1 Å². The largest absolute Gasteiger partial charge is 0.380 e. The van der Waals surface area contributed by atoms with E-state index in [2.05, 4.69) is 33.0 Å². The van der Waals surface area contributed by atoms with Crippen molar-refractivity contribution in [3.63, 3.8) is 0 Å². The van der Waals surface area contributed by atoms with Crippen LogP contribution in [0.3, 0.4) is 0 Å². The number of hydrogen-bond acceptors (Lipinski definition) is 2. The average Bonchev–Trinajstić information content (AvgIpc) is 2.33. The highest BCUT2D eigenvalue weighted by atomic mass is 16.5. The van der Waals surface area contributed by atoms with Crippen molar-refractivity contribution in [3.05, 3.63) is 0 Å². The van der Waals surface area contributed by atoms with Gasteiger partial charge in [0.1, 0.15) is 0 Å². The van der Waals surface area contributed by atoms with Crippen molar-refractivity contribution < 1.29 is 4.74 Å². The molecule has 5 unspecified atom stereocenters. The van der Waals surface area contributed by atoms with E-state index in [1.807, 2.05) is 7.11 Å². The van der Waals surface area contributed by atoms with Crippen molar-refractivity contribution in [2.24, 2.45) is 17.8 Å². The Bertz CT molecular complexity index is 203. The number of ether oxygens (including phenoxy) is 1. The molecule has 0 radical (unpaired) electrons. The first kappa shape index (κ1) is 15.0. The van der Waals surface area contributed by atoms with Crippen molar-refractivity contribution >= 4 is 0 Å². The molecule has 1 aliphatic rings. The highest BCUT2D eigenvalue weighted by Crippen LogP contribution is 2.36. The highest BCUT2D eigenvalue weighted by Gasteiger charge is 2.33. The molecule has 0 heterocycles. The van der Waals surface area contributed by atoms with Gasteiger partial charge in [-0.05, 0) is 43.6 Å². The van der Waals surface area contributed by atoms with Gasteiger partial charge in [-0.15, -0.1) is 0 Å². The topological polar surface area (TPSA) is 21.3 Å². The predicted octanol–water partition coefficient (Wildman–Crippen LogP) is 3.46. The Hall–Kier alpha value is -0.0800. The van der Waals surface area contributed by atoms with E-state index >= 15 is 0 Å². The summed E-state index contributed by atoms with van der Waals surface area (Å²) in [6.07, 6.45) is 5.59. The van der Waals surface area contributed by atoms with E-state index in [1.165, 1.54) is 19.3 Å². The molecular weight excluding hydrogens is 210 g/mol. The number of hydrogen-bond donors (Lipinski definition) is 1. The molecule has 0 bridgehead atoms. The smallest absolute Gasteiger partial charge is 0.0724 e. The minimum absolute atomic E-state index is 0.376. The summed E-state index contributed by atoms with van der Waals surface area (Å²) < 4.78 is 5.67. The molecule has 0 aromatic heterocycles. The zero-order valence-corrected chi connectivity index (χ0v) is 12.3. The molecule has 0 aromatic carbocycles. The summed E-state index contributed by atoms with van der Waals surface area (Å²) in [6, 6.07) is 0.546. The lowest BCUT2D eigenvalue weighted by Gasteiger charge is -2.39. The average molecular weight is 241 g/mol. The lowest BCUT2D eigenvalue weighted by atomic mass is 9.72. The molecule has 0 saturated heterocycles. The van der Waals surface area contributed by atoms with Crippen LogP contribution in [0.25, 0.3) is 0 Å². The quantitative estimate of drug-likeness (QED) is 0.769. The first-order valence-corrected chi connectivity index (χ1v) is 7.40. The Labute approximate surface area is 108 Å². The van der Waals surface area contributed by atoms with Crippen LogP contribution in [-0.4, -0.2) is 25.8 Å². The summed E-state index contributed by atoms with van der Waals surface area (Å²) >= 11 is 0. The SMILES string of the molecule is CCNC(C1CCC(C)C(C)C1)C(CC)OC. The van der Waals surface area contributed by atoms with Gasteiger partial charge in [-0.2, -0.15) is 0 Å². The summed E-state index contributed by atoms with van der Waals surface area (Å²) in [7, 11) is 1.85. The second-order valence-corrected chi connectivity index (χ2v) is 5.79. The number of methoxy groups -OCH3 is 1. The van der Waals surface area contributed by atoms with Crippen LogP contribution >= 0.6 is 0 Å². The number of nitrogens with one attached hydrogen (secondary N) is 1. The van der Waals surface area contributed by atoms with E-state index in [-0.39, 0.29) is 0 Å². The van der Waals surface area contributed by atoms with E-state index in [0.29, 0.717) is 12.1 Å². The molecule has 5 atom stereocenters. The third kappa shape index (κ3) is 3.96. The standard InChI is InChI=1S/C15H31NO/c1-6-14(17-5)15(16-7-2)13-9-8-11(3)12(4)10-13/h11-16H,6-10H2,1-5H3. The second kappa shape index (κ2) is 7.38. The van der Waals surface area contributed by atoms with Gasteiger partial charge in [0.2, 0.25) is 0 Å². The van der Waals surface area contributed by atoms with Gasteiger partial charge >= 0.3 is 0 Å². The van der Waals surface area contributed by atoms with Crippen LogP contribution < -0.4 is 5.32 Å². The third-order valence-corrected chi connectivity index (χ3v) is 4.69. The maximum Gasteiger partial charge on any atom is 0.0724 e. The fourth-order valence-electron chi connectivity index (χ4n) is 3.32. The third-order valence-electron chi connectivity index (χ3n) is 4.69. The van der Waals surface area contributed by atoms with E-state index in [9.17, 15) is 0 Å². The molecular formula is C15H31NO. The molecule has 1 saturated carbocycles. The van der Waals surface area contributed by atoms with Gasteiger partial charge in [0.25, 0.3) is 0 Å². The second-order valence-electron chi connectivity index (χ2n) is 5.79. The predicted molar refractivity (Wildman–Crippen MR) is 74.2 cm³/mol. The van der Waals surface area contributed by atoms with Crippen LogP contribution in [0.2, 0.25) is 0 Å². The Balaban J connectivity index is 2.63. The van der Waals surface area contributed by atoms with Crippen molar-refractivity contribution in [3.8, 4) is 0 Å². The molecule has 102 valence electrons. The van der Waals surface area contributed by atoms with Crippen molar-refractivity contribution in [1.29, 1.82) is 0 Å². The zero-order valence-electron chi connectivity index (χ0n) is 12.3. The van der Waals surface area contributed by atoms with E-state index in [1.54, 1.807) is 0 Å². The van der Waals surface area contributed by atoms with E-state index in [4.69, 9.17) is 4.74 Å². The number of likely N-dealkylation sites (N-methyl/N-ethyl adjacent to an activating group) is 1. The molecule has 0 aromatic rings. The molecule has 0 spiro atoms. The summed E-state index contributed by atoms with van der Waals surface area (Å²) in [5.41, 5.74) is 0. The molecule has 1 aliphatic carbocycles. The summed E-state index contributed by atoms with van der Waals surface area (Å²) in [5.74, 6) is 2.56. The Morgan fingerprint density at radius 3 is 2.35 bits per heavy atom. The zero-order chi connectivity index (χ0) is 12.8. The summed E-state index contributed by atoms with van der Waals surface area (Å²) in [4.78, 5) is 0. The molecule has 1 fully saturated rings. The van der Waals surface area contributed by atoms with Crippen molar-refractivity contribution in [2.75, 3.05) is 13.7 Å². The van der Waals surface area contributed by atoms with Crippen molar-refractivity contribution in [1.82, 2.24) is 5.32 Å². The molecule has 17 heavy (non-hydrogen) atoms. The van der Waals surface area contributed by atoms with Crippen LogP contribution in [0, 0.1) is 17.8 Å². The first-order valence-electron chi connectivity index (χ1n) is 7.40. The molecule has 1 rings (SSSR count). The molecule has 2 heteroatoms. The van der Waals surface area contributed by atoms with Gasteiger partial charge in [-0.1, -0.05) is 34.1 Å². The maximum atomic E-state index is 5.67. The molecule has 2 nitrogen and oxygen atoms in total. The van der Waals surface area contributed by atoms with Crippen LogP contribution in [0.4, 0.5) is 0 Å². The highest BCUT2D eigenvalue weighted by molar-refractivity contribution is 4.88. The van der Waals surface area contributed by atoms with Gasteiger partial charge in [-0.25, -0.2) is 0 Å². The minimum Gasteiger partial charge on any atom is -0.380 e. The molecule has 0 amide bonds. The number of rotatable bonds is 6. The molecule has 1 N–H and O–H groups in total. The first-order chi connectivity index (χ1) is 8.13. The lowest BCUT2D eigenvalue weighted by molar-refractivity contribution is 0.0272. The minimum atomic E-state index is 0.376. The monoisotopic (exact) mass is 241 g/mol. The van der Waals surface area contributed by atoms with Gasteiger partial charge in [0, 0.05) is 13.2 Å². The van der Waals surface area contributed by atoms with E-state index in [0.717, 1.165) is 30.7 Å². The fourth-order valence-corrected chi connectivity index (χ4v) is 3.32. The van der Waals surface area contributed by atoms with Gasteiger partial charge in [0.05, 0.1) is 6.10 Å². The van der Waals surface area contributed by atoms with E-state index < -0.39 is 0 Å². The van der Waals surface area contributed by atoms with Gasteiger partial charge in [0.15, 0.2) is 0 Å². The lowest BCUT2D eigenvalue weighted by Crippen LogP contribution is -2.48. The maximum absolute atomic E-state index is 5.67. The Morgan fingerprint density at radius 1 is 1.18 bits per heavy atom. The summed E-state index contributed by atoms with van der Waals surface area (Å²) in [5, 5.41) is 3.66. The van der Waals surface area contributed by atoms with Crippen LogP contribution in [-0.2, 0) is 4.74 Å². The van der Waals surface area contributed by atoms with Crippen LogP contribution in [0.5, 0.6) is 0 Å². The Kier molecular flexibility index (Phi) is 6.50. The van der Waals surface area contributed by atoms with Crippen LogP contribution in [0.1, 0.15) is 53.4 Å². The fraction of sp³-hybridized carbons (Fsp3) is 1.00. The Morgan fingerprint density at radius 2 is 1.88 bits per heavy atom. The van der Waals surface area contributed by atoms with Crippen LogP contribution in [0.15, 0.2) is 0 Å². The van der Waals surface area contributed by atoms with Crippen molar-refractivity contribution in [2.45, 2.75) is 65.5 Å². The normalized spacial score (nSPS) is 33.4. The summed E-state index contributed by atoms with van der Waals surface area (Å²) in [6.45, 7) is 10.3. The molecule has 0 aliphatic heterocycles.